The molecule has 0 radical (unpaired) electrons. The first-order valence-electron chi connectivity index (χ1n) is 16.8. The number of nitrogens with zero attached hydrogens (tertiary/aromatic N) is 5. The van der Waals surface area contributed by atoms with Crippen molar-refractivity contribution < 1.29 is 29.0 Å². The molecule has 2 aromatic carbocycles. The Hall–Kier alpha value is -6.35. The molecule has 3 aromatic heterocycles. The van der Waals surface area contributed by atoms with Crippen molar-refractivity contribution >= 4 is 24.2 Å². The molecule has 4 heterocycles. The molecule has 1 atom stereocenters. The van der Waals surface area contributed by atoms with E-state index in [-0.39, 0.29) is 37.9 Å². The van der Waals surface area contributed by atoms with Crippen LogP contribution in [0.5, 0.6) is 5.75 Å². The first kappa shape index (κ1) is 36.9. The van der Waals surface area contributed by atoms with Crippen LogP contribution in [0.15, 0.2) is 97.8 Å². The Bertz CT molecular complexity index is 1880. The summed E-state index contributed by atoms with van der Waals surface area (Å²) in [5, 5.41) is 20.6. The quantitative estimate of drug-likeness (QED) is 0.164. The lowest BCUT2D eigenvalue weighted by atomic mass is 10.1. The number of hydrogen-bond acceptors (Lipinski definition) is 9. The van der Waals surface area contributed by atoms with Crippen LogP contribution in [0.2, 0.25) is 0 Å². The molecule has 6 rings (SSSR count). The summed E-state index contributed by atoms with van der Waals surface area (Å²) in [6.45, 7) is 1.92. The van der Waals surface area contributed by atoms with Gasteiger partial charge in [-0.15, -0.1) is 0 Å². The summed E-state index contributed by atoms with van der Waals surface area (Å²) in [6, 6.07) is 19.7. The molecule has 5 N–H and O–H groups in total. The fraction of sp³-hybridized carbons (Fsp3) is 0.270. The normalized spacial score (nSPS) is 16.3. The number of pyridine rings is 1. The molecule has 15 heteroatoms. The highest BCUT2D eigenvalue weighted by Crippen LogP contribution is 2.25. The molecule has 0 saturated heterocycles. The number of rotatable bonds is 6. The summed E-state index contributed by atoms with van der Waals surface area (Å²) < 4.78 is 7.71. The predicted octanol–water partition coefficient (Wildman–Crippen LogP) is 2.61. The van der Waals surface area contributed by atoms with Gasteiger partial charge in [0.1, 0.15) is 18.4 Å². The maximum atomic E-state index is 13.3. The lowest BCUT2D eigenvalue weighted by Gasteiger charge is -2.22. The number of hydrogen-bond donors (Lipinski definition) is 5. The largest absolute Gasteiger partial charge is 0.492 e. The molecule has 2 bridgehead atoms. The molecule has 5 aromatic rings. The van der Waals surface area contributed by atoms with Crippen LogP contribution in [0.4, 0.5) is 0 Å². The number of aromatic nitrogens is 5. The lowest BCUT2D eigenvalue weighted by Crippen LogP contribution is -2.48. The fourth-order valence-corrected chi connectivity index (χ4v) is 5.65. The van der Waals surface area contributed by atoms with Crippen molar-refractivity contribution in [3.8, 4) is 22.7 Å². The third kappa shape index (κ3) is 10.8. The molecule has 0 saturated carbocycles. The highest BCUT2D eigenvalue weighted by atomic mass is 16.5. The van der Waals surface area contributed by atoms with Crippen molar-refractivity contribution in [2.24, 2.45) is 0 Å². The van der Waals surface area contributed by atoms with Crippen LogP contribution >= 0.6 is 0 Å². The molecule has 52 heavy (non-hydrogen) atoms. The molecule has 1 aliphatic rings. The van der Waals surface area contributed by atoms with E-state index in [2.05, 4.69) is 35.8 Å². The summed E-state index contributed by atoms with van der Waals surface area (Å²) in [4.78, 5) is 61.4. The SMILES string of the molecule is O=C1CN(Cc2cn(-c3ccccc3)nc2-c2ccncc2)CCCCNC(=O)[C@H](Cc2cnc[nH]2)NC(=O)c2cccc(c2)OCCN1.O=CO. The first-order valence-corrected chi connectivity index (χ1v) is 16.8. The van der Waals surface area contributed by atoms with Gasteiger partial charge in [-0.2, -0.15) is 5.10 Å². The number of carbonyl (C=O) groups is 4. The maximum absolute atomic E-state index is 13.3. The summed E-state index contributed by atoms with van der Waals surface area (Å²) in [5.74, 6) is -0.339. The molecule has 1 aliphatic heterocycles. The van der Waals surface area contributed by atoms with Crippen LogP contribution in [0.3, 0.4) is 0 Å². The van der Waals surface area contributed by atoms with E-state index in [1.165, 1.54) is 6.33 Å². The average molecular weight is 708 g/mol. The van der Waals surface area contributed by atoms with Gasteiger partial charge >= 0.3 is 0 Å². The lowest BCUT2D eigenvalue weighted by molar-refractivity contribution is -0.123. The minimum atomic E-state index is -0.814. The minimum absolute atomic E-state index is 0.134. The molecular formula is C37H41N9O6. The number of carboxylic acid groups (broad SMARTS) is 1. The Morgan fingerprint density at radius 1 is 0.923 bits per heavy atom. The van der Waals surface area contributed by atoms with Gasteiger partial charge in [0.15, 0.2) is 0 Å². The summed E-state index contributed by atoms with van der Waals surface area (Å²) in [7, 11) is 0. The topological polar surface area (TPSA) is 196 Å². The van der Waals surface area contributed by atoms with E-state index in [9.17, 15) is 14.4 Å². The van der Waals surface area contributed by atoms with Gasteiger partial charge in [0.2, 0.25) is 11.8 Å². The third-order valence-corrected chi connectivity index (χ3v) is 8.12. The van der Waals surface area contributed by atoms with E-state index in [1.54, 1.807) is 42.9 Å². The first-order chi connectivity index (χ1) is 25.4. The maximum Gasteiger partial charge on any atom is 0.290 e. The van der Waals surface area contributed by atoms with Crippen LogP contribution in [0.25, 0.3) is 16.9 Å². The highest BCUT2D eigenvalue weighted by molar-refractivity contribution is 5.98. The van der Waals surface area contributed by atoms with E-state index in [4.69, 9.17) is 19.7 Å². The van der Waals surface area contributed by atoms with Gasteiger partial charge in [-0.25, -0.2) is 9.67 Å². The number of para-hydroxylation sites is 1. The number of imidazole rings is 1. The molecule has 0 aliphatic carbocycles. The Balaban J connectivity index is 0.00000168. The van der Waals surface area contributed by atoms with Crippen molar-refractivity contribution in [2.75, 3.05) is 32.8 Å². The van der Waals surface area contributed by atoms with Crippen LogP contribution in [-0.4, -0.2) is 97.8 Å². The standard InChI is InChI=1S/C36H39N9O4.CH2O2/c46-33-24-44(22-28-23-45(30-8-2-1-3-9-30)43-34(28)26-11-14-37-15-12-26)17-5-4-13-40-36(48)32(20-29-21-38-25-41-29)42-35(47)27-7-6-10-31(19-27)49-18-16-39-33;2-1-3/h1-3,6-12,14-15,19,21,23,25,32H,4-5,13,16-18,20,22,24H2,(H,38,41)(H,39,46)(H,40,48)(H,42,47);1H,(H,2,3)/t32-;/m0./s1. The molecular weight excluding hydrogens is 666 g/mol. The number of fused-ring (bicyclic) bond motifs is 2. The second kappa shape index (κ2) is 19.2. The zero-order valence-corrected chi connectivity index (χ0v) is 28.5. The van der Waals surface area contributed by atoms with Crippen molar-refractivity contribution in [3.63, 3.8) is 0 Å². The summed E-state index contributed by atoms with van der Waals surface area (Å²) in [6.07, 6.45) is 10.3. The van der Waals surface area contributed by atoms with Gasteiger partial charge in [0.05, 0.1) is 30.8 Å². The molecule has 3 amide bonds. The van der Waals surface area contributed by atoms with Crippen LogP contribution in [0.1, 0.15) is 34.5 Å². The van der Waals surface area contributed by atoms with Gasteiger partial charge in [0, 0.05) is 66.7 Å². The molecule has 15 nitrogen and oxygen atoms in total. The number of carbonyl (C=O) groups excluding carboxylic acids is 3. The Morgan fingerprint density at radius 2 is 1.73 bits per heavy atom. The summed E-state index contributed by atoms with van der Waals surface area (Å²) >= 11 is 0. The number of amides is 3. The molecule has 270 valence electrons. The van der Waals surface area contributed by atoms with Crippen LogP contribution in [-0.2, 0) is 27.3 Å². The average Bonchev–Trinajstić information content (AvgIpc) is 3.84. The van der Waals surface area contributed by atoms with E-state index in [1.807, 2.05) is 53.3 Å². The molecule has 0 spiro atoms. The second-order valence-corrected chi connectivity index (χ2v) is 11.9. The Labute approximate surface area is 300 Å². The van der Waals surface area contributed by atoms with Gasteiger partial charge in [-0.3, -0.25) is 29.1 Å². The van der Waals surface area contributed by atoms with Crippen LogP contribution < -0.4 is 20.7 Å². The number of H-pyrrole nitrogens is 1. The zero-order chi connectivity index (χ0) is 36.5. The van der Waals surface area contributed by atoms with E-state index >= 15 is 0 Å². The van der Waals surface area contributed by atoms with Crippen molar-refractivity contribution in [2.45, 2.75) is 31.8 Å². The third-order valence-electron chi connectivity index (χ3n) is 8.12. The van der Waals surface area contributed by atoms with Gasteiger partial charge in [-0.1, -0.05) is 24.3 Å². The van der Waals surface area contributed by atoms with Crippen molar-refractivity contribution in [1.29, 1.82) is 0 Å². The number of ether oxygens (including phenoxy) is 1. The van der Waals surface area contributed by atoms with Gasteiger partial charge < -0.3 is 30.8 Å². The Kier molecular flexibility index (Phi) is 13.6. The van der Waals surface area contributed by atoms with Crippen molar-refractivity contribution in [3.05, 3.63) is 115 Å². The van der Waals surface area contributed by atoms with Gasteiger partial charge in [0.25, 0.3) is 12.4 Å². The fourth-order valence-electron chi connectivity index (χ4n) is 5.65. The second-order valence-electron chi connectivity index (χ2n) is 11.9. The predicted molar refractivity (Wildman–Crippen MR) is 192 cm³/mol. The highest BCUT2D eigenvalue weighted by Gasteiger charge is 2.23. The van der Waals surface area contributed by atoms with E-state index < -0.39 is 11.9 Å². The smallest absolute Gasteiger partial charge is 0.290 e. The van der Waals surface area contributed by atoms with E-state index in [0.717, 1.165) is 34.6 Å². The Morgan fingerprint density at radius 3 is 2.50 bits per heavy atom. The zero-order valence-electron chi connectivity index (χ0n) is 28.5. The molecule has 0 fully saturated rings. The van der Waals surface area contributed by atoms with E-state index in [0.29, 0.717) is 43.9 Å². The summed E-state index contributed by atoms with van der Waals surface area (Å²) in [5.41, 5.74) is 4.73. The molecule has 0 unspecified atom stereocenters. The minimum Gasteiger partial charge on any atom is -0.492 e. The van der Waals surface area contributed by atoms with Crippen molar-refractivity contribution in [1.82, 2.24) is 45.6 Å². The number of aromatic amines is 1. The number of nitrogens with one attached hydrogen (secondary N) is 4. The van der Waals surface area contributed by atoms with Crippen LogP contribution in [0, 0.1) is 0 Å². The van der Waals surface area contributed by atoms with Gasteiger partial charge in [-0.05, 0) is 61.9 Å². The monoisotopic (exact) mass is 707 g/mol. The number of benzene rings is 2.